The van der Waals surface area contributed by atoms with Crippen molar-refractivity contribution in [1.82, 2.24) is 5.43 Å². The largest absolute Gasteiger partial charge is 0.493 e. The van der Waals surface area contributed by atoms with Gasteiger partial charge in [-0.2, -0.15) is 5.10 Å². The number of halogens is 1. The Bertz CT molecular complexity index is 938. The smallest absolute Gasteiger partial charge is 0.307 e. The van der Waals surface area contributed by atoms with E-state index in [0.717, 1.165) is 11.1 Å². The minimum absolute atomic E-state index is 0.168. The highest BCUT2D eigenvalue weighted by Crippen LogP contribution is 2.28. The van der Waals surface area contributed by atoms with E-state index in [4.69, 9.17) is 13.9 Å². The van der Waals surface area contributed by atoms with Crippen LogP contribution in [0.2, 0.25) is 0 Å². The van der Waals surface area contributed by atoms with Gasteiger partial charge in [-0.3, -0.25) is 4.79 Å². The number of hydrazone groups is 1. The quantitative estimate of drug-likeness (QED) is 0.447. The summed E-state index contributed by atoms with van der Waals surface area (Å²) in [4.78, 5) is 11.9. The average molecular weight is 429 g/mol. The van der Waals surface area contributed by atoms with Crippen LogP contribution in [0.4, 0.5) is 0 Å². The summed E-state index contributed by atoms with van der Waals surface area (Å²) in [5.41, 5.74) is 4.22. The van der Waals surface area contributed by atoms with Crippen LogP contribution in [0.25, 0.3) is 0 Å². The summed E-state index contributed by atoms with van der Waals surface area (Å²) in [6.45, 7) is 0.444. The molecule has 3 rings (SSSR count). The van der Waals surface area contributed by atoms with Gasteiger partial charge in [0.2, 0.25) is 0 Å². The van der Waals surface area contributed by atoms with Gasteiger partial charge in [0.15, 0.2) is 21.9 Å². The average Bonchev–Trinajstić information content (AvgIpc) is 3.14. The standard InChI is InChI=1S/C20H17BrN2O4/c1-25-18-11-15(12-22-23-20(24)17-9-10-19(21)27-17)7-8-16(18)26-13-14-5-3-2-4-6-14/h2-12H,13H2,1H3,(H,23,24)/b22-12+. The molecule has 6 nitrogen and oxygen atoms in total. The number of carbonyl (C=O) groups is 1. The summed E-state index contributed by atoms with van der Waals surface area (Å²) in [6.07, 6.45) is 1.51. The topological polar surface area (TPSA) is 73.1 Å². The number of nitrogens with one attached hydrogen (secondary N) is 1. The molecule has 0 unspecified atom stereocenters. The maximum Gasteiger partial charge on any atom is 0.307 e. The highest BCUT2D eigenvalue weighted by molar-refractivity contribution is 9.10. The second-order valence-electron chi connectivity index (χ2n) is 5.49. The molecule has 27 heavy (non-hydrogen) atoms. The molecule has 1 aromatic heterocycles. The van der Waals surface area contributed by atoms with Crippen LogP contribution in [0.5, 0.6) is 11.5 Å². The van der Waals surface area contributed by atoms with E-state index in [-0.39, 0.29) is 5.76 Å². The van der Waals surface area contributed by atoms with E-state index in [9.17, 15) is 4.79 Å². The Kier molecular flexibility index (Phi) is 6.27. The molecule has 7 heteroatoms. The van der Waals surface area contributed by atoms with Crippen LogP contribution in [0.3, 0.4) is 0 Å². The summed E-state index contributed by atoms with van der Waals surface area (Å²) in [6, 6.07) is 18.5. The Labute approximate surface area is 164 Å². The van der Waals surface area contributed by atoms with Gasteiger partial charge >= 0.3 is 5.91 Å². The Balaban J connectivity index is 1.62. The van der Waals surface area contributed by atoms with Gasteiger partial charge in [-0.1, -0.05) is 30.3 Å². The van der Waals surface area contributed by atoms with Crippen LogP contribution in [0, 0.1) is 0 Å². The van der Waals surface area contributed by atoms with Crippen LogP contribution in [0.1, 0.15) is 21.7 Å². The number of hydrogen-bond donors (Lipinski definition) is 1. The van der Waals surface area contributed by atoms with Gasteiger partial charge in [0.25, 0.3) is 0 Å². The summed E-state index contributed by atoms with van der Waals surface area (Å²) in [5, 5.41) is 3.93. The zero-order valence-corrected chi connectivity index (χ0v) is 16.1. The van der Waals surface area contributed by atoms with Gasteiger partial charge < -0.3 is 13.9 Å². The van der Waals surface area contributed by atoms with Crippen LogP contribution in [-0.2, 0) is 6.61 Å². The van der Waals surface area contributed by atoms with E-state index in [1.54, 1.807) is 31.4 Å². The van der Waals surface area contributed by atoms with Crippen LogP contribution < -0.4 is 14.9 Å². The molecule has 0 spiro atoms. The fourth-order valence-corrected chi connectivity index (χ4v) is 2.58. The van der Waals surface area contributed by atoms with Crippen molar-refractivity contribution in [3.8, 4) is 11.5 Å². The third-order valence-electron chi connectivity index (χ3n) is 3.60. The molecule has 1 heterocycles. The van der Waals surface area contributed by atoms with Gasteiger partial charge in [-0.05, 0) is 57.4 Å². The lowest BCUT2D eigenvalue weighted by molar-refractivity contribution is 0.0926. The number of furan rings is 1. The summed E-state index contributed by atoms with van der Waals surface area (Å²) < 4.78 is 16.8. The zero-order chi connectivity index (χ0) is 19.1. The van der Waals surface area contributed by atoms with Crippen molar-refractivity contribution in [1.29, 1.82) is 0 Å². The molecule has 138 valence electrons. The maximum atomic E-state index is 11.9. The SMILES string of the molecule is COc1cc(/C=N/NC(=O)c2ccc(Br)o2)ccc1OCc1ccccc1. The molecule has 1 N–H and O–H groups in total. The molecule has 0 aliphatic rings. The van der Waals surface area contributed by atoms with E-state index in [1.807, 2.05) is 36.4 Å². The molecule has 0 atom stereocenters. The van der Waals surface area contributed by atoms with E-state index in [2.05, 4.69) is 26.5 Å². The molecule has 0 aliphatic heterocycles. The third-order valence-corrected chi connectivity index (χ3v) is 4.03. The van der Waals surface area contributed by atoms with Crippen molar-refractivity contribution >= 4 is 28.1 Å². The van der Waals surface area contributed by atoms with E-state index in [0.29, 0.717) is 22.8 Å². The Morgan fingerprint density at radius 2 is 1.96 bits per heavy atom. The molecule has 1 amide bonds. The summed E-state index contributed by atoms with van der Waals surface area (Å²) in [7, 11) is 1.57. The van der Waals surface area contributed by atoms with Gasteiger partial charge in [-0.25, -0.2) is 5.43 Å². The van der Waals surface area contributed by atoms with E-state index >= 15 is 0 Å². The Hall–Kier alpha value is -3.06. The van der Waals surface area contributed by atoms with Gasteiger partial charge in [0, 0.05) is 0 Å². The Morgan fingerprint density at radius 3 is 2.67 bits per heavy atom. The predicted molar refractivity (Wildman–Crippen MR) is 105 cm³/mol. The first kappa shape index (κ1) is 18.7. The predicted octanol–water partition coefficient (Wildman–Crippen LogP) is 4.39. The van der Waals surface area contributed by atoms with Crippen molar-refractivity contribution in [3.05, 3.63) is 82.2 Å². The van der Waals surface area contributed by atoms with E-state index < -0.39 is 5.91 Å². The molecule has 0 fully saturated rings. The molecule has 2 aromatic carbocycles. The first-order valence-corrected chi connectivity index (χ1v) is 8.88. The number of ether oxygens (including phenoxy) is 2. The first-order chi connectivity index (χ1) is 13.2. The first-order valence-electron chi connectivity index (χ1n) is 8.09. The van der Waals surface area contributed by atoms with Crippen molar-refractivity contribution in [2.45, 2.75) is 6.61 Å². The number of nitrogens with zero attached hydrogens (tertiary/aromatic N) is 1. The number of benzene rings is 2. The summed E-state index contributed by atoms with van der Waals surface area (Å²) in [5.74, 6) is 0.937. The minimum Gasteiger partial charge on any atom is -0.493 e. The second-order valence-corrected chi connectivity index (χ2v) is 6.27. The minimum atomic E-state index is -0.438. The molecule has 0 radical (unpaired) electrons. The van der Waals surface area contributed by atoms with Crippen molar-refractivity contribution in [2.75, 3.05) is 7.11 Å². The number of methoxy groups -OCH3 is 1. The highest BCUT2D eigenvalue weighted by Gasteiger charge is 2.09. The molecule has 0 aliphatic carbocycles. The van der Waals surface area contributed by atoms with Gasteiger partial charge in [-0.15, -0.1) is 0 Å². The lowest BCUT2D eigenvalue weighted by Gasteiger charge is -2.11. The maximum absolute atomic E-state index is 11.9. The fraction of sp³-hybridized carbons (Fsp3) is 0.100. The monoisotopic (exact) mass is 428 g/mol. The van der Waals surface area contributed by atoms with Crippen LogP contribution >= 0.6 is 15.9 Å². The van der Waals surface area contributed by atoms with Gasteiger partial charge in [0.1, 0.15) is 6.61 Å². The second kappa shape index (κ2) is 9.05. The molecular formula is C20H17BrN2O4. The lowest BCUT2D eigenvalue weighted by atomic mass is 10.2. The van der Waals surface area contributed by atoms with Crippen LogP contribution in [0.15, 0.2) is 74.9 Å². The fourth-order valence-electron chi connectivity index (χ4n) is 2.28. The number of carbonyl (C=O) groups excluding carboxylic acids is 1. The lowest BCUT2D eigenvalue weighted by Crippen LogP contribution is -2.16. The number of amides is 1. The van der Waals surface area contributed by atoms with Crippen molar-refractivity contribution < 1.29 is 18.7 Å². The van der Waals surface area contributed by atoms with Crippen LogP contribution in [-0.4, -0.2) is 19.2 Å². The molecule has 0 saturated heterocycles. The normalized spacial score (nSPS) is 10.7. The Morgan fingerprint density at radius 1 is 1.15 bits per heavy atom. The number of rotatable bonds is 7. The van der Waals surface area contributed by atoms with Crippen molar-refractivity contribution in [2.24, 2.45) is 5.10 Å². The van der Waals surface area contributed by atoms with E-state index in [1.165, 1.54) is 6.21 Å². The van der Waals surface area contributed by atoms with Crippen molar-refractivity contribution in [3.63, 3.8) is 0 Å². The third kappa shape index (κ3) is 5.21. The zero-order valence-electron chi connectivity index (χ0n) is 14.5. The molecule has 0 saturated carbocycles. The molecule has 3 aromatic rings. The molecule has 0 bridgehead atoms. The summed E-state index contributed by atoms with van der Waals surface area (Å²) >= 11 is 3.14. The molecular weight excluding hydrogens is 412 g/mol. The van der Waals surface area contributed by atoms with Gasteiger partial charge in [0.05, 0.1) is 13.3 Å². The highest BCUT2D eigenvalue weighted by atomic mass is 79.9. The number of hydrogen-bond acceptors (Lipinski definition) is 5.